The van der Waals surface area contributed by atoms with Gasteiger partial charge in [0.1, 0.15) is 0 Å². The lowest BCUT2D eigenvalue weighted by molar-refractivity contribution is 0.0599. The first-order valence-electron chi connectivity index (χ1n) is 7.96. The molecule has 0 radical (unpaired) electrons. The number of hydrogen-bond donors (Lipinski definition) is 1. The highest BCUT2D eigenvalue weighted by atomic mass is 16.3. The van der Waals surface area contributed by atoms with Crippen molar-refractivity contribution in [3.05, 3.63) is 35.4 Å². The van der Waals surface area contributed by atoms with E-state index in [0.717, 1.165) is 30.4 Å². The Morgan fingerprint density at radius 3 is 2.50 bits per heavy atom. The van der Waals surface area contributed by atoms with E-state index in [1.807, 2.05) is 12.1 Å². The minimum Gasteiger partial charge on any atom is -0.388 e. The zero-order chi connectivity index (χ0) is 14.7. The molecule has 0 bridgehead atoms. The fourth-order valence-corrected chi connectivity index (χ4v) is 3.37. The molecule has 2 rings (SSSR count). The summed E-state index contributed by atoms with van der Waals surface area (Å²) in [5, 5.41) is 10.3. The number of aryl methyl sites for hydroxylation is 1. The molecule has 0 amide bonds. The molecule has 0 aromatic heterocycles. The van der Waals surface area contributed by atoms with Crippen LogP contribution in [0.1, 0.15) is 50.8 Å². The van der Waals surface area contributed by atoms with Gasteiger partial charge in [-0.2, -0.15) is 0 Å². The summed E-state index contributed by atoms with van der Waals surface area (Å²) in [6.45, 7) is 11.3. The lowest BCUT2D eigenvalue weighted by atomic mass is 9.86. The van der Waals surface area contributed by atoms with Gasteiger partial charge >= 0.3 is 0 Å². The van der Waals surface area contributed by atoms with Crippen LogP contribution in [-0.2, 0) is 0 Å². The molecule has 20 heavy (non-hydrogen) atoms. The van der Waals surface area contributed by atoms with Gasteiger partial charge in [-0.1, -0.05) is 43.7 Å². The lowest BCUT2D eigenvalue weighted by Gasteiger charge is -2.41. The van der Waals surface area contributed by atoms with Gasteiger partial charge in [-0.05, 0) is 44.1 Å². The second-order valence-electron chi connectivity index (χ2n) is 6.77. The second-order valence-corrected chi connectivity index (χ2v) is 6.77. The Labute approximate surface area is 123 Å². The van der Waals surface area contributed by atoms with Crippen molar-refractivity contribution >= 4 is 0 Å². The molecule has 2 nitrogen and oxygen atoms in total. The molecular formula is C18H29NO. The zero-order valence-corrected chi connectivity index (χ0v) is 13.3. The van der Waals surface area contributed by atoms with Crippen molar-refractivity contribution in [3.63, 3.8) is 0 Å². The van der Waals surface area contributed by atoms with Crippen LogP contribution in [-0.4, -0.2) is 29.1 Å². The van der Waals surface area contributed by atoms with Gasteiger partial charge in [-0.3, -0.25) is 0 Å². The Morgan fingerprint density at radius 1 is 1.20 bits per heavy atom. The average Bonchev–Trinajstić information content (AvgIpc) is 2.41. The quantitative estimate of drug-likeness (QED) is 0.904. The van der Waals surface area contributed by atoms with Crippen molar-refractivity contribution in [2.45, 2.75) is 52.7 Å². The minimum atomic E-state index is -0.338. The van der Waals surface area contributed by atoms with Crippen LogP contribution in [0.5, 0.6) is 0 Å². The number of aliphatic hydroxyl groups excluding tert-OH is 1. The highest BCUT2D eigenvalue weighted by Gasteiger charge is 2.28. The van der Waals surface area contributed by atoms with Crippen LogP contribution in [0.25, 0.3) is 0 Å². The molecule has 1 fully saturated rings. The Balaban J connectivity index is 1.89. The van der Waals surface area contributed by atoms with E-state index in [2.05, 4.69) is 44.7 Å². The summed E-state index contributed by atoms with van der Waals surface area (Å²) in [7, 11) is 0. The van der Waals surface area contributed by atoms with Crippen LogP contribution < -0.4 is 0 Å². The molecule has 1 N–H and O–H groups in total. The topological polar surface area (TPSA) is 23.5 Å². The molecule has 1 aliphatic heterocycles. The van der Waals surface area contributed by atoms with Gasteiger partial charge in [0.25, 0.3) is 0 Å². The first kappa shape index (κ1) is 15.5. The molecule has 1 saturated heterocycles. The van der Waals surface area contributed by atoms with Crippen molar-refractivity contribution in [3.8, 4) is 0 Å². The third-order valence-corrected chi connectivity index (χ3v) is 4.87. The van der Waals surface area contributed by atoms with Crippen LogP contribution in [0, 0.1) is 18.8 Å². The van der Waals surface area contributed by atoms with Gasteiger partial charge in [0.15, 0.2) is 0 Å². The first-order valence-corrected chi connectivity index (χ1v) is 7.96. The van der Waals surface area contributed by atoms with Crippen LogP contribution in [0.3, 0.4) is 0 Å². The average molecular weight is 275 g/mol. The molecule has 0 saturated carbocycles. The predicted octanol–water partition coefficient (Wildman–Crippen LogP) is 3.78. The fourth-order valence-electron chi connectivity index (χ4n) is 3.37. The van der Waals surface area contributed by atoms with Gasteiger partial charge in [-0.15, -0.1) is 0 Å². The molecule has 112 valence electrons. The van der Waals surface area contributed by atoms with Gasteiger partial charge in [0.2, 0.25) is 0 Å². The molecule has 1 aliphatic rings. The number of hydrogen-bond acceptors (Lipinski definition) is 2. The number of rotatable bonds is 4. The van der Waals surface area contributed by atoms with Crippen LogP contribution in [0.15, 0.2) is 24.3 Å². The highest BCUT2D eigenvalue weighted by molar-refractivity contribution is 5.23. The molecular weight excluding hydrogens is 246 g/mol. The van der Waals surface area contributed by atoms with Crippen molar-refractivity contribution in [2.24, 2.45) is 11.8 Å². The Hall–Kier alpha value is -0.860. The fraction of sp³-hybridized carbons (Fsp3) is 0.667. The van der Waals surface area contributed by atoms with Gasteiger partial charge in [-0.25, -0.2) is 0 Å². The summed E-state index contributed by atoms with van der Waals surface area (Å²) in [6.07, 6.45) is 1.82. The zero-order valence-electron chi connectivity index (χ0n) is 13.3. The van der Waals surface area contributed by atoms with E-state index >= 15 is 0 Å². The van der Waals surface area contributed by atoms with Crippen molar-refractivity contribution in [2.75, 3.05) is 13.1 Å². The van der Waals surface area contributed by atoms with Crippen LogP contribution >= 0.6 is 0 Å². The van der Waals surface area contributed by atoms with Gasteiger partial charge < -0.3 is 10.0 Å². The van der Waals surface area contributed by atoms with E-state index in [1.165, 1.54) is 18.5 Å². The van der Waals surface area contributed by atoms with E-state index in [0.29, 0.717) is 6.04 Å². The molecule has 4 unspecified atom stereocenters. The van der Waals surface area contributed by atoms with E-state index in [1.54, 1.807) is 0 Å². The van der Waals surface area contributed by atoms with E-state index < -0.39 is 0 Å². The monoisotopic (exact) mass is 275 g/mol. The number of benzene rings is 1. The molecule has 1 heterocycles. The number of likely N-dealkylation sites (tertiary alicyclic amines) is 1. The third kappa shape index (κ3) is 3.83. The molecule has 0 aliphatic carbocycles. The summed E-state index contributed by atoms with van der Waals surface area (Å²) >= 11 is 0. The van der Waals surface area contributed by atoms with Crippen molar-refractivity contribution in [1.29, 1.82) is 0 Å². The molecule has 1 aromatic carbocycles. The van der Waals surface area contributed by atoms with Crippen molar-refractivity contribution < 1.29 is 5.11 Å². The van der Waals surface area contributed by atoms with E-state index in [-0.39, 0.29) is 6.10 Å². The van der Waals surface area contributed by atoms with Gasteiger partial charge in [0.05, 0.1) is 6.10 Å². The SMILES string of the molecule is Cc1ccc(C(O)CCN2CC(C)CC(C)C2C)cc1. The summed E-state index contributed by atoms with van der Waals surface area (Å²) in [6, 6.07) is 8.88. The van der Waals surface area contributed by atoms with Crippen molar-refractivity contribution in [1.82, 2.24) is 4.90 Å². The van der Waals surface area contributed by atoms with E-state index in [9.17, 15) is 5.11 Å². The predicted molar refractivity (Wildman–Crippen MR) is 84.7 cm³/mol. The summed E-state index contributed by atoms with van der Waals surface area (Å²) in [5.41, 5.74) is 2.29. The van der Waals surface area contributed by atoms with Crippen LogP contribution in [0.2, 0.25) is 0 Å². The number of piperidine rings is 1. The molecule has 0 spiro atoms. The lowest BCUT2D eigenvalue weighted by Crippen LogP contribution is -2.46. The first-order chi connectivity index (χ1) is 9.47. The number of nitrogens with zero attached hydrogens (tertiary/aromatic N) is 1. The summed E-state index contributed by atoms with van der Waals surface area (Å²) in [4.78, 5) is 2.55. The third-order valence-electron chi connectivity index (χ3n) is 4.87. The second kappa shape index (κ2) is 6.73. The van der Waals surface area contributed by atoms with Gasteiger partial charge in [0, 0.05) is 19.1 Å². The smallest absolute Gasteiger partial charge is 0.0802 e. The maximum Gasteiger partial charge on any atom is 0.0802 e. The summed E-state index contributed by atoms with van der Waals surface area (Å²) < 4.78 is 0. The maximum absolute atomic E-state index is 10.3. The Bertz CT molecular complexity index is 414. The molecule has 4 atom stereocenters. The normalized spacial score (nSPS) is 29.4. The highest BCUT2D eigenvalue weighted by Crippen LogP contribution is 2.28. The molecule has 1 aromatic rings. The van der Waals surface area contributed by atoms with Crippen LogP contribution in [0.4, 0.5) is 0 Å². The number of aliphatic hydroxyl groups is 1. The largest absolute Gasteiger partial charge is 0.388 e. The summed E-state index contributed by atoms with van der Waals surface area (Å²) in [5.74, 6) is 1.54. The standard InChI is InChI=1S/C18H29NO/c1-13-5-7-17(8-6-13)18(20)9-10-19-12-14(2)11-15(3)16(19)4/h5-8,14-16,18,20H,9-12H2,1-4H3. The Kier molecular flexibility index (Phi) is 5.22. The maximum atomic E-state index is 10.3. The Morgan fingerprint density at radius 2 is 1.85 bits per heavy atom. The minimum absolute atomic E-state index is 0.338. The molecule has 2 heteroatoms. The van der Waals surface area contributed by atoms with E-state index in [4.69, 9.17) is 0 Å².